The van der Waals surface area contributed by atoms with Crippen LogP contribution >= 0.6 is 0 Å². The molecule has 0 spiro atoms. The number of hydrogen-bond donors (Lipinski definition) is 1. The molecule has 1 amide bonds. The molecule has 2 aromatic carbocycles. The first-order valence-electron chi connectivity index (χ1n) is 10.9. The van der Waals surface area contributed by atoms with Crippen LogP contribution in [0.25, 0.3) is 11.0 Å². The molecular formula is C27H22N2O6. The third-order valence-corrected chi connectivity index (χ3v) is 5.97. The molecule has 0 saturated carbocycles. The van der Waals surface area contributed by atoms with Gasteiger partial charge in [-0.25, -0.2) is 0 Å². The normalized spacial score (nSPS) is 15.7. The maximum Gasteiger partial charge on any atom is 0.290 e. The second-order valence-electron chi connectivity index (χ2n) is 8.01. The monoisotopic (exact) mass is 470 g/mol. The molecule has 0 fully saturated rings. The number of para-hydroxylation sites is 1. The summed E-state index contributed by atoms with van der Waals surface area (Å²) in [7, 11) is 3.04. The number of benzene rings is 2. The number of pyridine rings is 1. The van der Waals surface area contributed by atoms with Gasteiger partial charge in [0.2, 0.25) is 5.78 Å². The zero-order valence-corrected chi connectivity index (χ0v) is 19.1. The van der Waals surface area contributed by atoms with E-state index in [2.05, 4.69) is 4.98 Å². The first kappa shape index (κ1) is 22.2. The summed E-state index contributed by atoms with van der Waals surface area (Å²) >= 11 is 0. The van der Waals surface area contributed by atoms with E-state index in [0.717, 1.165) is 0 Å². The van der Waals surface area contributed by atoms with Gasteiger partial charge < -0.3 is 23.9 Å². The zero-order chi connectivity index (χ0) is 24.5. The van der Waals surface area contributed by atoms with Crippen LogP contribution in [0.1, 0.15) is 27.9 Å². The number of carbonyl (C=O) groups is 2. The zero-order valence-electron chi connectivity index (χ0n) is 19.1. The molecule has 0 aliphatic carbocycles. The highest BCUT2D eigenvalue weighted by atomic mass is 16.5. The molecule has 0 radical (unpaired) electrons. The Morgan fingerprint density at radius 2 is 1.89 bits per heavy atom. The molecule has 1 atom stereocenters. The number of hydrogen-bond acceptors (Lipinski definition) is 7. The molecule has 8 nitrogen and oxygen atoms in total. The van der Waals surface area contributed by atoms with E-state index < -0.39 is 23.5 Å². The second-order valence-corrected chi connectivity index (χ2v) is 8.01. The molecule has 1 aliphatic heterocycles. The molecule has 4 aromatic rings. The van der Waals surface area contributed by atoms with Crippen molar-refractivity contribution in [1.82, 2.24) is 9.88 Å². The summed E-state index contributed by atoms with van der Waals surface area (Å²) < 4.78 is 16.5. The minimum absolute atomic E-state index is 0.00793. The van der Waals surface area contributed by atoms with Gasteiger partial charge in [-0.3, -0.25) is 14.6 Å². The van der Waals surface area contributed by atoms with Gasteiger partial charge in [0.25, 0.3) is 5.91 Å². The van der Waals surface area contributed by atoms with Crippen molar-refractivity contribution in [2.75, 3.05) is 14.2 Å². The molecule has 176 valence electrons. The largest absolute Gasteiger partial charge is 0.503 e. The lowest BCUT2D eigenvalue weighted by Gasteiger charge is -2.26. The Labute approximate surface area is 201 Å². The number of fused-ring (bicyclic) bond motifs is 1. The van der Waals surface area contributed by atoms with Crippen LogP contribution in [-0.2, 0) is 11.3 Å². The van der Waals surface area contributed by atoms with Gasteiger partial charge in [-0.05, 0) is 42.0 Å². The third-order valence-electron chi connectivity index (χ3n) is 5.97. The summed E-state index contributed by atoms with van der Waals surface area (Å²) in [6, 6.07) is 18.4. The lowest BCUT2D eigenvalue weighted by atomic mass is 9.94. The maximum atomic E-state index is 13.7. The smallest absolute Gasteiger partial charge is 0.290 e. The number of methoxy groups -OCH3 is 2. The summed E-state index contributed by atoms with van der Waals surface area (Å²) in [6.45, 7) is 0.0936. The van der Waals surface area contributed by atoms with Crippen LogP contribution in [0.4, 0.5) is 0 Å². The number of aliphatic hydroxyl groups is 1. The number of ether oxygens (including phenoxy) is 2. The molecule has 1 unspecified atom stereocenters. The highest BCUT2D eigenvalue weighted by molar-refractivity contribution is 6.16. The number of rotatable bonds is 7. The molecule has 0 bridgehead atoms. The van der Waals surface area contributed by atoms with E-state index in [1.807, 2.05) is 6.07 Å². The summed E-state index contributed by atoms with van der Waals surface area (Å²) in [5, 5.41) is 11.6. The third kappa shape index (κ3) is 3.89. The number of Topliss-reactive ketones (excluding diaryl/α,β-unsaturated/α-hetero) is 1. The van der Waals surface area contributed by atoms with Crippen LogP contribution in [0.5, 0.6) is 11.5 Å². The van der Waals surface area contributed by atoms with E-state index in [0.29, 0.717) is 33.7 Å². The van der Waals surface area contributed by atoms with E-state index in [-0.39, 0.29) is 17.9 Å². The number of amides is 1. The summed E-state index contributed by atoms with van der Waals surface area (Å²) in [5.41, 5.74) is 1.56. The van der Waals surface area contributed by atoms with Crippen molar-refractivity contribution < 1.29 is 28.6 Å². The fraction of sp³-hybridized carbons (Fsp3) is 0.148. The SMILES string of the molecule is COc1cccc(C2C(C(=O)c3cc4cccc(OC)c4o3)=C(O)C(=O)N2Cc2ccccn2)c1. The predicted octanol–water partition coefficient (Wildman–Crippen LogP) is 4.62. The summed E-state index contributed by atoms with van der Waals surface area (Å²) in [4.78, 5) is 32.7. The Morgan fingerprint density at radius 3 is 2.63 bits per heavy atom. The van der Waals surface area contributed by atoms with Crippen molar-refractivity contribution in [2.45, 2.75) is 12.6 Å². The minimum atomic E-state index is -0.873. The van der Waals surface area contributed by atoms with Crippen LogP contribution in [0.3, 0.4) is 0 Å². The number of nitrogens with zero attached hydrogens (tertiary/aromatic N) is 2. The van der Waals surface area contributed by atoms with Crippen molar-refractivity contribution in [2.24, 2.45) is 0 Å². The van der Waals surface area contributed by atoms with Gasteiger partial charge in [0, 0.05) is 11.6 Å². The lowest BCUT2D eigenvalue weighted by molar-refractivity contribution is -0.130. The van der Waals surface area contributed by atoms with Crippen LogP contribution in [0.15, 0.2) is 88.7 Å². The molecule has 2 aromatic heterocycles. The highest BCUT2D eigenvalue weighted by Crippen LogP contribution is 2.41. The molecule has 0 saturated heterocycles. The van der Waals surface area contributed by atoms with Crippen LogP contribution in [0.2, 0.25) is 0 Å². The van der Waals surface area contributed by atoms with Gasteiger partial charge in [0.15, 0.2) is 22.9 Å². The lowest BCUT2D eigenvalue weighted by Crippen LogP contribution is -2.31. The standard InChI is InChI=1S/C27H22N2O6/c1-33-19-10-5-7-16(13-19)23-22(25(31)27(32)29(23)15-18-9-3-4-12-28-18)24(30)21-14-17-8-6-11-20(34-2)26(17)35-21/h3-14,23,31H,15H2,1-2H3. The molecule has 8 heteroatoms. The number of furan rings is 1. The van der Waals surface area contributed by atoms with Crippen LogP contribution in [0, 0.1) is 0 Å². The topological polar surface area (TPSA) is 102 Å². The molecule has 35 heavy (non-hydrogen) atoms. The average Bonchev–Trinajstić information content (AvgIpc) is 3.44. The molecule has 5 rings (SSSR count). The van der Waals surface area contributed by atoms with E-state index in [4.69, 9.17) is 13.9 Å². The fourth-order valence-electron chi connectivity index (χ4n) is 4.31. The van der Waals surface area contributed by atoms with E-state index in [9.17, 15) is 14.7 Å². The number of aromatic nitrogens is 1. The van der Waals surface area contributed by atoms with E-state index in [1.165, 1.54) is 19.1 Å². The number of carbonyl (C=O) groups excluding carboxylic acids is 2. The van der Waals surface area contributed by atoms with Crippen molar-refractivity contribution in [3.05, 3.63) is 101 Å². The maximum absolute atomic E-state index is 13.7. The van der Waals surface area contributed by atoms with Gasteiger partial charge >= 0.3 is 0 Å². The molecule has 1 N–H and O–H groups in total. The second kappa shape index (κ2) is 8.98. The summed E-state index contributed by atoms with van der Waals surface area (Å²) in [6.07, 6.45) is 1.62. The molecule has 3 heterocycles. The average molecular weight is 470 g/mol. The van der Waals surface area contributed by atoms with Crippen LogP contribution < -0.4 is 9.47 Å². The van der Waals surface area contributed by atoms with Crippen molar-refractivity contribution >= 4 is 22.7 Å². The van der Waals surface area contributed by atoms with Crippen LogP contribution in [-0.4, -0.2) is 40.9 Å². The number of ketones is 1. The Bertz CT molecular complexity index is 1460. The molecule has 1 aliphatic rings. The van der Waals surface area contributed by atoms with Gasteiger partial charge in [-0.1, -0.05) is 30.3 Å². The number of aliphatic hydroxyl groups excluding tert-OH is 1. The highest BCUT2D eigenvalue weighted by Gasteiger charge is 2.44. The van der Waals surface area contributed by atoms with Gasteiger partial charge in [-0.2, -0.15) is 0 Å². The minimum Gasteiger partial charge on any atom is -0.503 e. The Hall–Kier alpha value is -4.59. The Morgan fingerprint density at radius 1 is 1.06 bits per heavy atom. The molecular weight excluding hydrogens is 448 g/mol. The van der Waals surface area contributed by atoms with Crippen molar-refractivity contribution in [3.8, 4) is 11.5 Å². The van der Waals surface area contributed by atoms with E-state index >= 15 is 0 Å². The predicted molar refractivity (Wildman–Crippen MR) is 127 cm³/mol. The first-order valence-corrected chi connectivity index (χ1v) is 10.9. The Balaban J connectivity index is 1.62. The quantitative estimate of drug-likeness (QED) is 0.393. The summed E-state index contributed by atoms with van der Waals surface area (Å²) in [5.74, 6) is -0.855. The first-order chi connectivity index (χ1) is 17.0. The van der Waals surface area contributed by atoms with Gasteiger partial charge in [-0.15, -0.1) is 0 Å². The Kier molecular flexibility index (Phi) is 5.70. The van der Waals surface area contributed by atoms with Crippen molar-refractivity contribution in [1.29, 1.82) is 0 Å². The van der Waals surface area contributed by atoms with E-state index in [1.54, 1.807) is 66.9 Å². The van der Waals surface area contributed by atoms with Gasteiger partial charge in [0.1, 0.15) is 5.75 Å². The van der Waals surface area contributed by atoms with Crippen molar-refractivity contribution in [3.63, 3.8) is 0 Å². The van der Waals surface area contributed by atoms with Gasteiger partial charge in [0.05, 0.1) is 38.1 Å². The fourth-order valence-corrected chi connectivity index (χ4v) is 4.31.